The van der Waals surface area contributed by atoms with Crippen LogP contribution in [0.15, 0.2) is 29.2 Å². The van der Waals surface area contributed by atoms with E-state index in [0.29, 0.717) is 13.1 Å². The van der Waals surface area contributed by atoms with Gasteiger partial charge < -0.3 is 10.4 Å². The van der Waals surface area contributed by atoms with Crippen LogP contribution in [0.4, 0.5) is 4.39 Å². The molecule has 0 spiro atoms. The zero-order valence-electron chi connectivity index (χ0n) is 13.7. The predicted octanol–water partition coefficient (Wildman–Crippen LogP) is 1.40. The molecule has 1 amide bonds. The van der Waals surface area contributed by atoms with Crippen LogP contribution < -0.4 is 5.32 Å². The molecule has 0 radical (unpaired) electrons. The lowest BCUT2D eigenvalue weighted by molar-refractivity contribution is -0.139. The van der Waals surface area contributed by atoms with Gasteiger partial charge in [-0.2, -0.15) is 4.31 Å². The number of amides is 1. The van der Waals surface area contributed by atoms with Gasteiger partial charge in [0.2, 0.25) is 10.0 Å². The molecule has 1 aromatic rings. The number of hydrogen-bond donors (Lipinski definition) is 2. The first-order chi connectivity index (χ1) is 11.9. The molecule has 1 heterocycles. The minimum absolute atomic E-state index is 0.0319. The zero-order valence-corrected chi connectivity index (χ0v) is 14.5. The number of carboxylic acids is 1. The van der Waals surface area contributed by atoms with E-state index in [4.69, 9.17) is 5.11 Å². The monoisotopic (exact) mass is 372 g/mol. The topological polar surface area (TPSA) is 104 Å². The first kappa shape index (κ1) is 19.3. The SMILES string of the molecule is O=C(NC(CF)C(=O)O)c1cccc(S(=O)(=O)N2CCCCCC2)c1. The fourth-order valence-corrected chi connectivity index (χ4v) is 4.20. The summed E-state index contributed by atoms with van der Waals surface area (Å²) in [5.74, 6) is -2.33. The first-order valence-electron chi connectivity index (χ1n) is 8.06. The zero-order chi connectivity index (χ0) is 18.4. The largest absolute Gasteiger partial charge is 0.480 e. The summed E-state index contributed by atoms with van der Waals surface area (Å²) in [5.41, 5.74) is -0.0319. The van der Waals surface area contributed by atoms with Crippen molar-refractivity contribution in [2.24, 2.45) is 0 Å². The maximum absolute atomic E-state index is 12.7. The Labute approximate surface area is 145 Å². The molecule has 9 heteroatoms. The van der Waals surface area contributed by atoms with Gasteiger partial charge in [0, 0.05) is 18.7 Å². The molecular weight excluding hydrogens is 351 g/mol. The van der Waals surface area contributed by atoms with Gasteiger partial charge in [-0.15, -0.1) is 0 Å². The smallest absolute Gasteiger partial charge is 0.328 e. The molecule has 0 bridgehead atoms. The number of carboxylic acid groups (broad SMARTS) is 1. The minimum atomic E-state index is -3.73. The Kier molecular flexibility index (Phi) is 6.49. The van der Waals surface area contributed by atoms with Crippen molar-refractivity contribution in [2.45, 2.75) is 36.6 Å². The van der Waals surface area contributed by atoms with Crippen LogP contribution in [0.3, 0.4) is 0 Å². The molecule has 0 aromatic heterocycles. The summed E-state index contributed by atoms with van der Waals surface area (Å²) < 4.78 is 39.5. The molecule has 1 unspecified atom stereocenters. The Balaban J connectivity index is 2.22. The molecule has 0 saturated carbocycles. The van der Waals surface area contributed by atoms with Gasteiger partial charge in [-0.05, 0) is 31.0 Å². The average molecular weight is 372 g/mol. The summed E-state index contributed by atoms with van der Waals surface area (Å²) in [5, 5.41) is 10.8. The molecule has 0 aliphatic carbocycles. The summed E-state index contributed by atoms with van der Waals surface area (Å²) in [4.78, 5) is 22.9. The number of alkyl halides is 1. The second kappa shape index (κ2) is 8.39. The van der Waals surface area contributed by atoms with Gasteiger partial charge in [-0.25, -0.2) is 17.6 Å². The predicted molar refractivity (Wildman–Crippen MR) is 88.5 cm³/mol. The van der Waals surface area contributed by atoms with Crippen molar-refractivity contribution >= 4 is 21.9 Å². The van der Waals surface area contributed by atoms with E-state index in [1.807, 2.05) is 5.32 Å². The number of carbonyl (C=O) groups is 2. The minimum Gasteiger partial charge on any atom is -0.480 e. The van der Waals surface area contributed by atoms with Gasteiger partial charge in [0.25, 0.3) is 5.91 Å². The summed E-state index contributed by atoms with van der Waals surface area (Å²) >= 11 is 0. The van der Waals surface area contributed by atoms with Crippen LogP contribution in [-0.2, 0) is 14.8 Å². The van der Waals surface area contributed by atoms with Gasteiger partial charge in [-0.1, -0.05) is 18.9 Å². The molecule has 1 aromatic carbocycles. The van der Waals surface area contributed by atoms with Gasteiger partial charge in [0.15, 0.2) is 6.04 Å². The van der Waals surface area contributed by atoms with Crippen molar-refractivity contribution in [3.8, 4) is 0 Å². The standard InChI is InChI=1S/C16H21FN2O5S/c17-11-14(16(21)22)18-15(20)12-6-5-7-13(10-12)25(23,24)19-8-3-1-2-4-9-19/h5-7,10,14H,1-4,8-9,11H2,(H,18,20)(H,21,22). The summed E-state index contributed by atoms with van der Waals surface area (Å²) in [6, 6.07) is 3.67. The number of halogens is 1. The van der Waals surface area contributed by atoms with Crippen LogP contribution in [0.5, 0.6) is 0 Å². The summed E-state index contributed by atoms with van der Waals surface area (Å²) in [7, 11) is -3.73. The molecule has 1 aliphatic rings. The third kappa shape index (κ3) is 4.76. The molecule has 1 saturated heterocycles. The van der Waals surface area contributed by atoms with E-state index in [0.717, 1.165) is 25.7 Å². The number of nitrogens with zero attached hydrogens (tertiary/aromatic N) is 1. The highest BCUT2D eigenvalue weighted by molar-refractivity contribution is 7.89. The maximum atomic E-state index is 12.7. The quantitative estimate of drug-likeness (QED) is 0.786. The molecule has 1 fully saturated rings. The van der Waals surface area contributed by atoms with Crippen molar-refractivity contribution in [3.63, 3.8) is 0 Å². The van der Waals surface area contributed by atoms with Crippen LogP contribution in [0, 0.1) is 0 Å². The van der Waals surface area contributed by atoms with Crippen LogP contribution in [0.1, 0.15) is 36.0 Å². The normalized spacial score (nSPS) is 17.5. The Hall–Kier alpha value is -2.00. The summed E-state index contributed by atoms with van der Waals surface area (Å²) in [6.45, 7) is -0.393. The number of benzene rings is 1. The first-order valence-corrected chi connectivity index (χ1v) is 9.50. The molecule has 25 heavy (non-hydrogen) atoms. The van der Waals surface area contributed by atoms with Gasteiger partial charge in [0.05, 0.1) is 4.90 Å². The molecule has 1 aliphatic heterocycles. The Morgan fingerprint density at radius 2 is 1.84 bits per heavy atom. The fourth-order valence-electron chi connectivity index (χ4n) is 2.64. The number of hydrogen-bond acceptors (Lipinski definition) is 4. The number of nitrogens with one attached hydrogen (secondary N) is 1. The highest BCUT2D eigenvalue weighted by Crippen LogP contribution is 2.21. The molecule has 7 nitrogen and oxygen atoms in total. The van der Waals surface area contributed by atoms with E-state index in [2.05, 4.69) is 0 Å². The lowest BCUT2D eigenvalue weighted by Crippen LogP contribution is -2.42. The van der Waals surface area contributed by atoms with Crippen molar-refractivity contribution in [1.82, 2.24) is 9.62 Å². The highest BCUT2D eigenvalue weighted by atomic mass is 32.2. The van der Waals surface area contributed by atoms with E-state index in [1.165, 1.54) is 28.6 Å². The lowest BCUT2D eigenvalue weighted by atomic mass is 10.2. The van der Waals surface area contributed by atoms with Crippen LogP contribution in [0.25, 0.3) is 0 Å². The Morgan fingerprint density at radius 3 is 2.40 bits per heavy atom. The third-order valence-electron chi connectivity index (χ3n) is 4.06. The third-order valence-corrected chi connectivity index (χ3v) is 5.95. The molecule has 2 rings (SSSR count). The molecule has 138 valence electrons. The van der Waals surface area contributed by atoms with E-state index in [9.17, 15) is 22.4 Å². The van der Waals surface area contributed by atoms with Gasteiger partial charge >= 0.3 is 5.97 Å². The fraction of sp³-hybridized carbons (Fsp3) is 0.500. The summed E-state index contributed by atoms with van der Waals surface area (Å²) in [6.07, 6.45) is 3.54. The average Bonchev–Trinajstić information content (AvgIpc) is 2.89. The maximum Gasteiger partial charge on any atom is 0.328 e. The van der Waals surface area contributed by atoms with E-state index in [-0.39, 0.29) is 10.5 Å². The van der Waals surface area contributed by atoms with Crippen molar-refractivity contribution in [3.05, 3.63) is 29.8 Å². The van der Waals surface area contributed by atoms with Gasteiger partial charge in [-0.3, -0.25) is 4.79 Å². The van der Waals surface area contributed by atoms with E-state index in [1.54, 1.807) is 0 Å². The van der Waals surface area contributed by atoms with Gasteiger partial charge in [0.1, 0.15) is 6.67 Å². The number of aliphatic carboxylic acids is 1. The Morgan fingerprint density at radius 1 is 1.20 bits per heavy atom. The van der Waals surface area contributed by atoms with Crippen LogP contribution >= 0.6 is 0 Å². The number of sulfonamides is 1. The molecule has 2 N–H and O–H groups in total. The van der Waals surface area contributed by atoms with Crippen molar-refractivity contribution in [1.29, 1.82) is 0 Å². The molecule has 1 atom stereocenters. The van der Waals surface area contributed by atoms with E-state index < -0.39 is 34.6 Å². The van der Waals surface area contributed by atoms with Crippen LogP contribution in [-0.4, -0.2) is 55.5 Å². The second-order valence-electron chi connectivity index (χ2n) is 5.86. The highest BCUT2D eigenvalue weighted by Gasteiger charge is 2.26. The van der Waals surface area contributed by atoms with E-state index >= 15 is 0 Å². The number of carbonyl (C=O) groups excluding carboxylic acids is 1. The Bertz CT molecular complexity index is 730. The molecular formula is C16H21FN2O5S. The number of rotatable bonds is 6. The van der Waals surface area contributed by atoms with Crippen molar-refractivity contribution in [2.75, 3.05) is 19.8 Å². The lowest BCUT2D eigenvalue weighted by Gasteiger charge is -2.20. The van der Waals surface area contributed by atoms with Crippen molar-refractivity contribution < 1.29 is 27.5 Å². The van der Waals surface area contributed by atoms with Crippen LogP contribution in [0.2, 0.25) is 0 Å². The second-order valence-corrected chi connectivity index (χ2v) is 7.80.